The van der Waals surface area contributed by atoms with Crippen molar-refractivity contribution in [3.8, 4) is 0 Å². The average molecular weight is 481 g/mol. The molecule has 0 unspecified atom stereocenters. The van der Waals surface area contributed by atoms with E-state index in [1.807, 2.05) is 6.07 Å². The third-order valence-corrected chi connectivity index (χ3v) is 6.56. The van der Waals surface area contributed by atoms with Crippen LogP contribution in [0.3, 0.4) is 0 Å². The van der Waals surface area contributed by atoms with Crippen molar-refractivity contribution in [1.29, 1.82) is 0 Å². The first-order chi connectivity index (χ1) is 14.7. The summed E-state index contributed by atoms with van der Waals surface area (Å²) in [7, 11) is -4.06. The summed E-state index contributed by atoms with van der Waals surface area (Å²) in [5.41, 5.74) is 1.41. The van der Waals surface area contributed by atoms with Crippen LogP contribution in [0.1, 0.15) is 11.1 Å². The largest absolute Gasteiger partial charge is 0.351 e. The van der Waals surface area contributed by atoms with Crippen molar-refractivity contribution in [2.24, 2.45) is 0 Å². The molecule has 0 spiro atoms. The van der Waals surface area contributed by atoms with Gasteiger partial charge in [0, 0.05) is 16.6 Å². The van der Waals surface area contributed by atoms with Gasteiger partial charge in [-0.15, -0.1) is 0 Å². The molecule has 5 nitrogen and oxygen atoms in total. The summed E-state index contributed by atoms with van der Waals surface area (Å²) in [6.07, 6.45) is 0.126. The molecule has 3 aromatic carbocycles. The van der Waals surface area contributed by atoms with Gasteiger partial charge in [-0.25, -0.2) is 12.8 Å². The van der Waals surface area contributed by atoms with E-state index in [2.05, 4.69) is 10.0 Å². The van der Waals surface area contributed by atoms with Crippen LogP contribution in [0, 0.1) is 5.82 Å². The fourth-order valence-corrected chi connectivity index (χ4v) is 4.55. The van der Waals surface area contributed by atoms with Gasteiger partial charge in [0.25, 0.3) is 0 Å². The van der Waals surface area contributed by atoms with E-state index in [0.717, 1.165) is 29.8 Å². The predicted molar refractivity (Wildman–Crippen MR) is 119 cm³/mol. The lowest BCUT2D eigenvalue weighted by molar-refractivity contribution is -0.122. The Kier molecular flexibility index (Phi) is 7.67. The molecule has 0 aliphatic carbocycles. The van der Waals surface area contributed by atoms with Gasteiger partial charge in [0.2, 0.25) is 15.9 Å². The van der Waals surface area contributed by atoms with Crippen molar-refractivity contribution in [1.82, 2.24) is 10.0 Å². The standard InChI is InChI=1S/C22H19Cl2FN2O3S/c23-17-7-6-16(20(24)13-17)14-26-22(28)21(12-15-4-2-1-3-5-15)27-31(29,30)19-10-8-18(25)9-11-19/h1-11,13,21,27H,12,14H2,(H,26,28)/t21-/m0/s1. The minimum Gasteiger partial charge on any atom is -0.351 e. The maximum absolute atomic E-state index is 13.2. The molecule has 31 heavy (non-hydrogen) atoms. The van der Waals surface area contributed by atoms with Gasteiger partial charge in [-0.1, -0.05) is 59.6 Å². The number of hydrogen-bond acceptors (Lipinski definition) is 3. The van der Waals surface area contributed by atoms with E-state index in [-0.39, 0.29) is 17.9 Å². The normalized spacial score (nSPS) is 12.4. The molecule has 1 atom stereocenters. The number of carbonyl (C=O) groups excluding carboxylic acids is 1. The maximum Gasteiger partial charge on any atom is 0.241 e. The molecule has 3 aromatic rings. The summed E-state index contributed by atoms with van der Waals surface area (Å²) in [6.45, 7) is 0.0956. The molecule has 0 saturated heterocycles. The van der Waals surface area contributed by atoms with E-state index in [4.69, 9.17) is 23.2 Å². The second-order valence-electron chi connectivity index (χ2n) is 6.77. The van der Waals surface area contributed by atoms with Gasteiger partial charge in [0.15, 0.2) is 0 Å². The minimum atomic E-state index is -4.06. The van der Waals surface area contributed by atoms with Crippen LogP contribution >= 0.6 is 23.2 Å². The SMILES string of the molecule is O=C(NCc1ccc(Cl)cc1Cl)[C@H](Cc1ccccc1)NS(=O)(=O)c1ccc(F)cc1. The molecule has 0 bridgehead atoms. The third-order valence-electron chi connectivity index (χ3n) is 4.49. The van der Waals surface area contributed by atoms with Crippen molar-refractivity contribution in [2.45, 2.75) is 23.9 Å². The summed E-state index contributed by atoms with van der Waals surface area (Å²) >= 11 is 12.0. The Morgan fingerprint density at radius 3 is 2.29 bits per heavy atom. The van der Waals surface area contributed by atoms with E-state index in [9.17, 15) is 17.6 Å². The van der Waals surface area contributed by atoms with E-state index in [1.165, 1.54) is 0 Å². The fourth-order valence-electron chi connectivity index (χ4n) is 2.88. The molecule has 0 aliphatic heterocycles. The van der Waals surface area contributed by atoms with Gasteiger partial charge < -0.3 is 5.32 Å². The zero-order valence-corrected chi connectivity index (χ0v) is 18.5. The molecule has 1 amide bonds. The average Bonchev–Trinajstić information content (AvgIpc) is 2.73. The van der Waals surface area contributed by atoms with Gasteiger partial charge in [-0.3, -0.25) is 4.79 Å². The number of sulfonamides is 1. The molecule has 0 saturated carbocycles. The van der Waals surface area contributed by atoms with E-state index in [0.29, 0.717) is 15.6 Å². The Labute approximate surface area is 190 Å². The summed E-state index contributed by atoms with van der Waals surface area (Å²) in [5.74, 6) is -1.09. The topological polar surface area (TPSA) is 75.3 Å². The van der Waals surface area contributed by atoms with Crippen molar-refractivity contribution in [2.75, 3.05) is 0 Å². The molecular formula is C22H19Cl2FN2O3S. The molecule has 0 aliphatic rings. The fraction of sp³-hybridized carbons (Fsp3) is 0.136. The Hall–Kier alpha value is -2.45. The number of rotatable bonds is 8. The lowest BCUT2D eigenvalue weighted by Crippen LogP contribution is -2.47. The van der Waals surface area contributed by atoms with Gasteiger partial charge in [0.05, 0.1) is 4.90 Å². The van der Waals surface area contributed by atoms with Crippen LogP contribution in [0.25, 0.3) is 0 Å². The molecule has 162 valence electrons. The lowest BCUT2D eigenvalue weighted by Gasteiger charge is -2.19. The molecule has 0 aromatic heterocycles. The number of nitrogens with one attached hydrogen (secondary N) is 2. The molecule has 0 fully saturated rings. The highest BCUT2D eigenvalue weighted by Gasteiger charge is 2.26. The van der Waals surface area contributed by atoms with Gasteiger partial charge in [0.1, 0.15) is 11.9 Å². The maximum atomic E-state index is 13.2. The van der Waals surface area contributed by atoms with E-state index in [1.54, 1.807) is 42.5 Å². The number of benzene rings is 3. The number of hydrogen-bond donors (Lipinski definition) is 2. The highest BCUT2D eigenvalue weighted by Crippen LogP contribution is 2.21. The third kappa shape index (κ3) is 6.51. The second-order valence-corrected chi connectivity index (χ2v) is 9.33. The van der Waals surface area contributed by atoms with Crippen molar-refractivity contribution in [3.05, 3.63) is 99.8 Å². The first-order valence-corrected chi connectivity index (χ1v) is 11.5. The summed E-state index contributed by atoms with van der Waals surface area (Å²) in [4.78, 5) is 12.8. The zero-order valence-electron chi connectivity index (χ0n) is 16.2. The Morgan fingerprint density at radius 1 is 0.968 bits per heavy atom. The molecule has 3 rings (SSSR count). The Morgan fingerprint density at radius 2 is 1.65 bits per heavy atom. The van der Waals surface area contributed by atoms with Crippen LogP contribution in [0.2, 0.25) is 10.0 Å². The monoisotopic (exact) mass is 480 g/mol. The predicted octanol–water partition coefficient (Wildman–Crippen LogP) is 4.34. The van der Waals surface area contributed by atoms with Crippen LogP contribution in [0.15, 0.2) is 77.7 Å². The molecule has 0 radical (unpaired) electrons. The second kappa shape index (κ2) is 10.2. The van der Waals surface area contributed by atoms with Gasteiger partial charge in [-0.05, 0) is 53.9 Å². The molecule has 0 heterocycles. The quantitative estimate of drug-likeness (QED) is 0.503. The minimum absolute atomic E-state index is 0.0956. The molecule has 2 N–H and O–H groups in total. The number of halogens is 3. The smallest absolute Gasteiger partial charge is 0.241 e. The highest BCUT2D eigenvalue weighted by atomic mass is 35.5. The van der Waals surface area contributed by atoms with Crippen LogP contribution in [-0.2, 0) is 27.8 Å². The van der Waals surface area contributed by atoms with Crippen LogP contribution < -0.4 is 10.0 Å². The Bertz CT molecular complexity index is 1160. The van der Waals surface area contributed by atoms with Crippen molar-refractivity contribution in [3.63, 3.8) is 0 Å². The van der Waals surface area contributed by atoms with Crippen LogP contribution in [0.5, 0.6) is 0 Å². The Balaban J connectivity index is 1.79. The van der Waals surface area contributed by atoms with Crippen molar-refractivity contribution >= 4 is 39.1 Å². The summed E-state index contributed by atoms with van der Waals surface area (Å²) < 4.78 is 41.1. The van der Waals surface area contributed by atoms with Gasteiger partial charge in [-0.2, -0.15) is 4.72 Å². The van der Waals surface area contributed by atoms with E-state index < -0.39 is 27.8 Å². The summed E-state index contributed by atoms with van der Waals surface area (Å²) in [5, 5.41) is 3.56. The zero-order chi connectivity index (χ0) is 22.4. The van der Waals surface area contributed by atoms with Crippen molar-refractivity contribution < 1.29 is 17.6 Å². The van der Waals surface area contributed by atoms with Crippen LogP contribution in [0.4, 0.5) is 4.39 Å². The molecular weight excluding hydrogens is 462 g/mol. The highest BCUT2D eigenvalue weighted by molar-refractivity contribution is 7.89. The lowest BCUT2D eigenvalue weighted by atomic mass is 10.1. The van der Waals surface area contributed by atoms with E-state index >= 15 is 0 Å². The van der Waals surface area contributed by atoms with Gasteiger partial charge >= 0.3 is 0 Å². The van der Waals surface area contributed by atoms with Crippen LogP contribution in [-0.4, -0.2) is 20.4 Å². The number of amides is 1. The number of carbonyl (C=O) groups is 1. The summed E-state index contributed by atoms with van der Waals surface area (Å²) in [6, 6.07) is 17.2. The first kappa shape index (κ1) is 23.2. The first-order valence-electron chi connectivity index (χ1n) is 9.28. The molecule has 9 heteroatoms.